The second-order valence-electron chi connectivity index (χ2n) is 5.50. The summed E-state index contributed by atoms with van der Waals surface area (Å²) in [5, 5.41) is 2.68. The summed E-state index contributed by atoms with van der Waals surface area (Å²) in [6.45, 7) is 9.41. The van der Waals surface area contributed by atoms with Gasteiger partial charge in [0.1, 0.15) is 0 Å². The van der Waals surface area contributed by atoms with E-state index < -0.39 is 0 Å². The third-order valence-electron chi connectivity index (χ3n) is 3.88. The molecule has 1 rings (SSSR count). The molecule has 3 nitrogen and oxygen atoms in total. The van der Waals surface area contributed by atoms with E-state index in [0.29, 0.717) is 6.42 Å². The highest BCUT2D eigenvalue weighted by molar-refractivity contribution is 5.76. The van der Waals surface area contributed by atoms with E-state index in [0.717, 1.165) is 6.54 Å². The van der Waals surface area contributed by atoms with Gasteiger partial charge in [0.25, 0.3) is 0 Å². The minimum Gasteiger partial charge on any atom is -0.359 e. The van der Waals surface area contributed by atoms with Gasteiger partial charge >= 0.3 is 0 Å². The molecule has 106 valence electrons. The Morgan fingerprint density at radius 2 is 1.79 bits per heavy atom. The quantitative estimate of drug-likeness (QED) is 0.884. The first-order valence-corrected chi connectivity index (χ1v) is 6.82. The van der Waals surface area contributed by atoms with Crippen LogP contribution >= 0.6 is 0 Å². The van der Waals surface area contributed by atoms with Gasteiger partial charge in [-0.2, -0.15) is 0 Å². The summed E-state index contributed by atoms with van der Waals surface area (Å²) in [5.74, 6) is 0.0937. The zero-order chi connectivity index (χ0) is 14.6. The molecule has 0 aliphatic rings. The predicted octanol–water partition coefficient (Wildman–Crippen LogP) is 2.57. The average Bonchev–Trinajstić information content (AvgIpc) is 2.35. The molecule has 0 heterocycles. The molecule has 1 amide bonds. The van der Waals surface area contributed by atoms with E-state index in [1.165, 1.54) is 22.3 Å². The van der Waals surface area contributed by atoms with Crippen LogP contribution in [-0.4, -0.2) is 30.9 Å². The van der Waals surface area contributed by atoms with Gasteiger partial charge in [0.2, 0.25) is 5.91 Å². The van der Waals surface area contributed by atoms with Gasteiger partial charge in [0.15, 0.2) is 0 Å². The maximum Gasteiger partial charge on any atom is 0.221 e. The van der Waals surface area contributed by atoms with E-state index in [2.05, 4.69) is 57.1 Å². The largest absolute Gasteiger partial charge is 0.359 e. The highest BCUT2D eigenvalue weighted by Crippen LogP contribution is 2.18. The van der Waals surface area contributed by atoms with Crippen molar-refractivity contribution in [3.63, 3.8) is 0 Å². The fraction of sp³-hybridized carbons (Fsp3) is 0.562. The zero-order valence-electron chi connectivity index (χ0n) is 13.0. The molecule has 0 fully saturated rings. The fourth-order valence-corrected chi connectivity index (χ4v) is 2.14. The van der Waals surface area contributed by atoms with Crippen LogP contribution in [0.15, 0.2) is 12.1 Å². The highest BCUT2D eigenvalue weighted by Gasteiger charge is 2.14. The lowest BCUT2D eigenvalue weighted by Gasteiger charge is -2.25. The molecule has 19 heavy (non-hydrogen) atoms. The van der Waals surface area contributed by atoms with Crippen LogP contribution in [0, 0.1) is 20.8 Å². The van der Waals surface area contributed by atoms with Crippen molar-refractivity contribution in [1.82, 2.24) is 10.2 Å². The summed E-state index contributed by atoms with van der Waals surface area (Å²) >= 11 is 0. The smallest absolute Gasteiger partial charge is 0.221 e. The van der Waals surface area contributed by atoms with Gasteiger partial charge in [0, 0.05) is 26.1 Å². The molecule has 0 radical (unpaired) electrons. The van der Waals surface area contributed by atoms with Gasteiger partial charge in [-0.25, -0.2) is 0 Å². The Morgan fingerprint density at radius 3 is 2.37 bits per heavy atom. The summed E-state index contributed by atoms with van der Waals surface area (Å²) in [5.41, 5.74) is 5.33. The SMILES string of the molecule is CNC(=O)C[C@@H](C)N(C)Cc1cc(C)c(C)cc1C. The van der Waals surface area contributed by atoms with E-state index in [9.17, 15) is 4.79 Å². The second-order valence-corrected chi connectivity index (χ2v) is 5.50. The minimum absolute atomic E-state index is 0.0937. The first-order valence-electron chi connectivity index (χ1n) is 6.82. The number of nitrogens with zero attached hydrogens (tertiary/aromatic N) is 1. The maximum atomic E-state index is 11.4. The zero-order valence-corrected chi connectivity index (χ0v) is 13.0. The number of hydrogen-bond donors (Lipinski definition) is 1. The lowest BCUT2D eigenvalue weighted by Crippen LogP contribution is -2.34. The topological polar surface area (TPSA) is 32.3 Å². The standard InChI is InChI=1S/C16H26N2O/c1-11-7-13(3)15(8-12(11)2)10-18(6)14(4)9-16(19)17-5/h7-8,14H,9-10H2,1-6H3,(H,17,19)/t14-/m1/s1. The molecule has 0 spiro atoms. The third-order valence-corrected chi connectivity index (χ3v) is 3.88. The number of rotatable bonds is 5. The molecule has 1 N–H and O–H groups in total. The molecule has 0 bridgehead atoms. The Bertz CT molecular complexity index is 454. The normalized spacial score (nSPS) is 12.6. The highest BCUT2D eigenvalue weighted by atomic mass is 16.1. The molecule has 3 heteroatoms. The molecule has 1 atom stereocenters. The van der Waals surface area contributed by atoms with Crippen LogP contribution in [0.2, 0.25) is 0 Å². The number of carbonyl (C=O) groups is 1. The van der Waals surface area contributed by atoms with E-state index >= 15 is 0 Å². The van der Waals surface area contributed by atoms with Crippen LogP contribution in [0.5, 0.6) is 0 Å². The second kappa shape index (κ2) is 6.71. The van der Waals surface area contributed by atoms with Crippen LogP contribution in [0.25, 0.3) is 0 Å². The number of amides is 1. The molecule has 0 aliphatic heterocycles. The van der Waals surface area contributed by atoms with Gasteiger partial charge in [0.05, 0.1) is 0 Å². The van der Waals surface area contributed by atoms with Crippen molar-refractivity contribution in [2.24, 2.45) is 0 Å². The monoisotopic (exact) mass is 262 g/mol. The first kappa shape index (κ1) is 15.7. The minimum atomic E-state index is 0.0937. The van der Waals surface area contributed by atoms with Crippen molar-refractivity contribution >= 4 is 5.91 Å². The van der Waals surface area contributed by atoms with Crippen LogP contribution in [0.1, 0.15) is 35.6 Å². The van der Waals surface area contributed by atoms with Crippen molar-refractivity contribution < 1.29 is 4.79 Å². The lowest BCUT2D eigenvalue weighted by atomic mass is 10.00. The summed E-state index contributed by atoms with van der Waals surface area (Å²) in [7, 11) is 3.75. The van der Waals surface area contributed by atoms with Crippen LogP contribution < -0.4 is 5.32 Å². The third kappa shape index (κ3) is 4.35. The Labute approximate surface area is 117 Å². The molecule has 0 saturated carbocycles. The van der Waals surface area contributed by atoms with E-state index in [4.69, 9.17) is 0 Å². The summed E-state index contributed by atoms with van der Waals surface area (Å²) in [6, 6.07) is 4.73. The van der Waals surface area contributed by atoms with Crippen molar-refractivity contribution in [2.45, 2.75) is 46.7 Å². The van der Waals surface area contributed by atoms with Gasteiger partial charge in [-0.3, -0.25) is 9.69 Å². The molecule has 0 aromatic heterocycles. The van der Waals surface area contributed by atoms with Gasteiger partial charge in [-0.1, -0.05) is 12.1 Å². The average molecular weight is 262 g/mol. The number of benzene rings is 1. The number of hydrogen-bond acceptors (Lipinski definition) is 2. The molecule has 0 aliphatic carbocycles. The summed E-state index contributed by atoms with van der Waals surface area (Å²) in [6.07, 6.45) is 0.539. The fourth-order valence-electron chi connectivity index (χ4n) is 2.14. The Morgan fingerprint density at radius 1 is 1.21 bits per heavy atom. The molecule has 0 unspecified atom stereocenters. The van der Waals surface area contributed by atoms with Crippen molar-refractivity contribution in [3.05, 3.63) is 34.4 Å². The Hall–Kier alpha value is -1.35. The van der Waals surface area contributed by atoms with E-state index in [1.807, 2.05) is 0 Å². The van der Waals surface area contributed by atoms with Crippen LogP contribution in [0.4, 0.5) is 0 Å². The van der Waals surface area contributed by atoms with E-state index in [-0.39, 0.29) is 11.9 Å². The summed E-state index contributed by atoms with van der Waals surface area (Å²) < 4.78 is 0. The molecule has 0 saturated heterocycles. The van der Waals surface area contributed by atoms with Gasteiger partial charge < -0.3 is 5.32 Å². The first-order chi connectivity index (χ1) is 8.85. The Balaban J connectivity index is 2.74. The maximum absolute atomic E-state index is 11.4. The van der Waals surface area contributed by atoms with E-state index in [1.54, 1.807) is 7.05 Å². The molecular weight excluding hydrogens is 236 g/mol. The van der Waals surface area contributed by atoms with Crippen molar-refractivity contribution in [2.75, 3.05) is 14.1 Å². The lowest BCUT2D eigenvalue weighted by molar-refractivity contribution is -0.121. The van der Waals surface area contributed by atoms with Crippen LogP contribution in [-0.2, 0) is 11.3 Å². The number of carbonyl (C=O) groups excluding carboxylic acids is 1. The van der Waals surface area contributed by atoms with Gasteiger partial charge in [-0.15, -0.1) is 0 Å². The number of nitrogens with one attached hydrogen (secondary N) is 1. The van der Waals surface area contributed by atoms with Crippen molar-refractivity contribution in [3.8, 4) is 0 Å². The van der Waals surface area contributed by atoms with Crippen molar-refractivity contribution in [1.29, 1.82) is 0 Å². The summed E-state index contributed by atoms with van der Waals surface area (Å²) in [4.78, 5) is 13.6. The van der Waals surface area contributed by atoms with Crippen LogP contribution in [0.3, 0.4) is 0 Å². The molecule has 1 aromatic carbocycles. The molecular formula is C16H26N2O. The molecule has 1 aromatic rings. The Kier molecular flexibility index (Phi) is 5.55. The predicted molar refractivity (Wildman–Crippen MR) is 80.3 cm³/mol. The van der Waals surface area contributed by atoms with Gasteiger partial charge in [-0.05, 0) is 57.0 Å². The number of aryl methyl sites for hydroxylation is 3.